The molecule has 1 atom stereocenters. The molecule has 0 saturated heterocycles. The molecule has 0 spiro atoms. The van der Waals surface area contributed by atoms with Gasteiger partial charge in [0, 0.05) is 12.0 Å². The van der Waals surface area contributed by atoms with Gasteiger partial charge in [0.2, 0.25) is 5.91 Å². The second-order valence-electron chi connectivity index (χ2n) is 4.28. The third-order valence-electron chi connectivity index (χ3n) is 2.84. The lowest BCUT2D eigenvalue weighted by Crippen LogP contribution is -2.26. The fourth-order valence-corrected chi connectivity index (χ4v) is 1.85. The first-order valence-electron chi connectivity index (χ1n) is 6.31. The zero-order valence-electron chi connectivity index (χ0n) is 11.1. The first-order valence-corrected chi connectivity index (χ1v) is 6.31. The highest BCUT2D eigenvalue weighted by Gasteiger charge is 2.12. The van der Waals surface area contributed by atoms with Crippen molar-refractivity contribution >= 4 is 5.91 Å². The van der Waals surface area contributed by atoms with Crippen molar-refractivity contribution in [1.82, 2.24) is 5.32 Å². The number of carbonyl (C=O) groups is 1. The van der Waals surface area contributed by atoms with E-state index in [2.05, 4.69) is 5.32 Å². The minimum atomic E-state index is -0.0495. The molecule has 0 aliphatic carbocycles. The second kappa shape index (κ2) is 7.71. The highest BCUT2D eigenvalue weighted by molar-refractivity contribution is 5.76. The first kappa shape index (κ1) is 14.5. The summed E-state index contributed by atoms with van der Waals surface area (Å²) < 4.78 is 5.28. The number of ether oxygens (including phenoxy) is 1. The van der Waals surface area contributed by atoms with Crippen LogP contribution in [-0.2, 0) is 4.79 Å². The Morgan fingerprint density at radius 3 is 2.78 bits per heavy atom. The Kier molecular flexibility index (Phi) is 6.22. The predicted octanol–water partition coefficient (Wildman–Crippen LogP) is 2.00. The summed E-state index contributed by atoms with van der Waals surface area (Å²) in [6, 6.07) is 7.66. The molecule has 0 heterocycles. The summed E-state index contributed by atoms with van der Waals surface area (Å²) in [6.45, 7) is 2.59. The van der Waals surface area contributed by atoms with Gasteiger partial charge in [0.1, 0.15) is 5.75 Å². The molecule has 1 aromatic rings. The van der Waals surface area contributed by atoms with Crippen LogP contribution in [0.4, 0.5) is 0 Å². The maximum absolute atomic E-state index is 11.7. The summed E-state index contributed by atoms with van der Waals surface area (Å²) in [5, 5.41) is 2.97. The van der Waals surface area contributed by atoms with E-state index in [1.165, 1.54) is 0 Å². The van der Waals surface area contributed by atoms with Crippen molar-refractivity contribution in [1.29, 1.82) is 0 Å². The fraction of sp³-hybridized carbons (Fsp3) is 0.500. The molecule has 100 valence electrons. The standard InChI is InChI=1S/C14H22N2O2/c1-11(16-14(17)9-5-6-10-15)12-7-3-4-8-13(12)18-2/h3-4,7-8,11H,5-6,9-10,15H2,1-2H3,(H,16,17)/t11-/m1/s1. The smallest absolute Gasteiger partial charge is 0.220 e. The van der Waals surface area contributed by atoms with Crippen LogP contribution in [0.25, 0.3) is 0 Å². The van der Waals surface area contributed by atoms with Gasteiger partial charge in [0.15, 0.2) is 0 Å². The third kappa shape index (κ3) is 4.37. The van der Waals surface area contributed by atoms with Gasteiger partial charge in [0.05, 0.1) is 13.2 Å². The molecule has 0 fully saturated rings. The summed E-state index contributed by atoms with van der Waals surface area (Å²) in [4.78, 5) is 11.7. The zero-order valence-corrected chi connectivity index (χ0v) is 11.1. The number of carbonyl (C=O) groups excluding carboxylic acids is 1. The van der Waals surface area contributed by atoms with E-state index in [0.29, 0.717) is 13.0 Å². The Morgan fingerprint density at radius 1 is 1.39 bits per heavy atom. The van der Waals surface area contributed by atoms with Crippen molar-refractivity contribution in [2.24, 2.45) is 5.73 Å². The summed E-state index contributed by atoms with van der Waals surface area (Å²) in [6.07, 6.45) is 2.24. The van der Waals surface area contributed by atoms with Gasteiger partial charge in [-0.15, -0.1) is 0 Å². The summed E-state index contributed by atoms with van der Waals surface area (Å²) >= 11 is 0. The number of para-hydroxylation sites is 1. The van der Waals surface area contributed by atoms with Crippen molar-refractivity contribution in [3.63, 3.8) is 0 Å². The second-order valence-corrected chi connectivity index (χ2v) is 4.28. The van der Waals surface area contributed by atoms with Gasteiger partial charge in [-0.3, -0.25) is 4.79 Å². The molecule has 1 aromatic carbocycles. The molecular weight excluding hydrogens is 228 g/mol. The molecule has 0 aliphatic rings. The largest absolute Gasteiger partial charge is 0.496 e. The van der Waals surface area contributed by atoms with E-state index in [-0.39, 0.29) is 11.9 Å². The van der Waals surface area contributed by atoms with Crippen LogP contribution >= 0.6 is 0 Å². The van der Waals surface area contributed by atoms with Crippen LogP contribution in [0.1, 0.15) is 37.8 Å². The van der Waals surface area contributed by atoms with Crippen LogP contribution in [0.5, 0.6) is 5.75 Å². The molecule has 3 N–H and O–H groups in total. The van der Waals surface area contributed by atoms with Crippen molar-refractivity contribution in [3.05, 3.63) is 29.8 Å². The maximum atomic E-state index is 11.7. The number of amides is 1. The number of unbranched alkanes of at least 4 members (excludes halogenated alkanes) is 1. The van der Waals surface area contributed by atoms with Gasteiger partial charge in [-0.25, -0.2) is 0 Å². The van der Waals surface area contributed by atoms with E-state index in [1.807, 2.05) is 31.2 Å². The zero-order chi connectivity index (χ0) is 13.4. The molecule has 0 aliphatic heterocycles. The minimum absolute atomic E-state index is 0.0495. The Morgan fingerprint density at radius 2 is 2.11 bits per heavy atom. The maximum Gasteiger partial charge on any atom is 0.220 e. The third-order valence-corrected chi connectivity index (χ3v) is 2.84. The Balaban J connectivity index is 2.53. The SMILES string of the molecule is COc1ccccc1[C@@H](C)NC(=O)CCCCN. The van der Waals surface area contributed by atoms with Gasteiger partial charge >= 0.3 is 0 Å². The Labute approximate surface area is 109 Å². The molecule has 0 aromatic heterocycles. The van der Waals surface area contributed by atoms with Crippen LogP contribution < -0.4 is 15.8 Å². The molecule has 18 heavy (non-hydrogen) atoms. The number of hydrogen-bond donors (Lipinski definition) is 2. The molecular formula is C14H22N2O2. The van der Waals surface area contributed by atoms with E-state index < -0.39 is 0 Å². The highest BCUT2D eigenvalue weighted by Crippen LogP contribution is 2.24. The minimum Gasteiger partial charge on any atom is -0.496 e. The topological polar surface area (TPSA) is 64.3 Å². The van der Waals surface area contributed by atoms with Crippen molar-refractivity contribution < 1.29 is 9.53 Å². The molecule has 1 rings (SSSR count). The molecule has 0 bridgehead atoms. The number of nitrogens with two attached hydrogens (primary N) is 1. The Hall–Kier alpha value is -1.55. The van der Waals surface area contributed by atoms with Gasteiger partial charge in [-0.05, 0) is 32.4 Å². The first-order chi connectivity index (χ1) is 8.69. The van der Waals surface area contributed by atoms with E-state index in [9.17, 15) is 4.79 Å². The normalized spacial score (nSPS) is 11.9. The van der Waals surface area contributed by atoms with Crippen molar-refractivity contribution in [3.8, 4) is 5.75 Å². The summed E-state index contributed by atoms with van der Waals surface area (Å²) in [5.41, 5.74) is 6.39. The summed E-state index contributed by atoms with van der Waals surface area (Å²) in [7, 11) is 1.63. The van der Waals surface area contributed by atoms with Crippen molar-refractivity contribution in [2.75, 3.05) is 13.7 Å². The number of nitrogens with one attached hydrogen (secondary N) is 1. The van der Waals surface area contributed by atoms with E-state index in [4.69, 9.17) is 10.5 Å². The molecule has 0 radical (unpaired) electrons. The van der Waals surface area contributed by atoms with Gasteiger partial charge < -0.3 is 15.8 Å². The quantitative estimate of drug-likeness (QED) is 0.727. The average molecular weight is 250 g/mol. The lowest BCUT2D eigenvalue weighted by Gasteiger charge is -2.17. The monoisotopic (exact) mass is 250 g/mol. The van der Waals surface area contributed by atoms with E-state index in [1.54, 1.807) is 7.11 Å². The van der Waals surface area contributed by atoms with Crippen LogP contribution in [0.15, 0.2) is 24.3 Å². The molecule has 4 nitrogen and oxygen atoms in total. The fourth-order valence-electron chi connectivity index (χ4n) is 1.85. The lowest BCUT2D eigenvalue weighted by atomic mass is 10.1. The van der Waals surface area contributed by atoms with Crippen molar-refractivity contribution in [2.45, 2.75) is 32.2 Å². The van der Waals surface area contributed by atoms with Crippen LogP contribution in [0.3, 0.4) is 0 Å². The van der Waals surface area contributed by atoms with E-state index in [0.717, 1.165) is 24.2 Å². The molecule has 0 saturated carbocycles. The highest BCUT2D eigenvalue weighted by atomic mass is 16.5. The number of benzene rings is 1. The Bertz CT molecular complexity index is 380. The molecule has 0 unspecified atom stereocenters. The van der Waals surface area contributed by atoms with Gasteiger partial charge in [-0.1, -0.05) is 18.2 Å². The summed E-state index contributed by atoms with van der Waals surface area (Å²) in [5.74, 6) is 0.856. The number of methoxy groups -OCH3 is 1. The van der Waals surface area contributed by atoms with Crippen LogP contribution in [0.2, 0.25) is 0 Å². The molecule has 4 heteroatoms. The van der Waals surface area contributed by atoms with Gasteiger partial charge in [-0.2, -0.15) is 0 Å². The van der Waals surface area contributed by atoms with Gasteiger partial charge in [0.25, 0.3) is 0 Å². The molecule has 1 amide bonds. The average Bonchev–Trinajstić information content (AvgIpc) is 2.39. The van der Waals surface area contributed by atoms with Crippen LogP contribution in [-0.4, -0.2) is 19.6 Å². The lowest BCUT2D eigenvalue weighted by molar-refractivity contribution is -0.121. The predicted molar refractivity (Wildman–Crippen MR) is 72.5 cm³/mol. The number of hydrogen-bond acceptors (Lipinski definition) is 3. The van der Waals surface area contributed by atoms with Crippen LogP contribution in [0, 0.1) is 0 Å². The van der Waals surface area contributed by atoms with E-state index >= 15 is 0 Å². The number of rotatable bonds is 7.